The van der Waals surface area contributed by atoms with Crippen LogP contribution in [0.25, 0.3) is 0 Å². The second kappa shape index (κ2) is 7.83. The van der Waals surface area contributed by atoms with E-state index in [4.69, 9.17) is 0 Å². The van der Waals surface area contributed by atoms with Gasteiger partial charge in [0.05, 0.1) is 30.2 Å². The highest BCUT2D eigenvalue weighted by Gasteiger charge is 2.71. The smallest absolute Gasteiger partial charge is 0.0919 e. The Balaban J connectivity index is 1.65. The third-order valence-electron chi connectivity index (χ3n) is 13.7. The van der Waals surface area contributed by atoms with Gasteiger partial charge in [-0.1, -0.05) is 52.8 Å². The normalized spacial score (nSPS) is 58.6. The molecule has 0 aliphatic heterocycles. The van der Waals surface area contributed by atoms with Crippen LogP contribution in [0.5, 0.6) is 0 Å². The second-order valence-corrected chi connectivity index (χ2v) is 14.9. The monoisotopic (exact) mass is 502 g/mol. The molecule has 5 heteroatoms. The molecule has 0 bridgehead atoms. The Morgan fingerprint density at radius 2 is 1.67 bits per heavy atom. The molecule has 5 aliphatic rings. The van der Waals surface area contributed by atoms with Crippen LogP contribution in [0.4, 0.5) is 0 Å². The lowest BCUT2D eigenvalue weighted by Crippen LogP contribution is -2.69. The fourth-order valence-corrected chi connectivity index (χ4v) is 11.1. The molecule has 0 aromatic rings. The Labute approximate surface area is 217 Å². The SMILES string of the molecule is C=C(O)[C@]12CC[C@@H](C)[C@@](C)(O)C1C1=CCC3[C@@]4(C)C[C@@H](O)[C@H](O)[C@@](C)(CO)C4CC[C@@]3(C)[C@]1(C)CC2. The zero-order valence-corrected chi connectivity index (χ0v) is 23.3. The summed E-state index contributed by atoms with van der Waals surface area (Å²) in [6, 6.07) is 0. The highest BCUT2D eigenvalue weighted by molar-refractivity contribution is 5.38. The van der Waals surface area contributed by atoms with Crippen molar-refractivity contribution < 1.29 is 25.5 Å². The summed E-state index contributed by atoms with van der Waals surface area (Å²) in [5.74, 6) is 0.629. The molecule has 204 valence electrons. The van der Waals surface area contributed by atoms with Crippen molar-refractivity contribution in [3.63, 3.8) is 0 Å². The van der Waals surface area contributed by atoms with Crippen molar-refractivity contribution in [2.45, 2.75) is 111 Å². The van der Waals surface area contributed by atoms with Gasteiger partial charge in [-0.15, -0.1) is 0 Å². The van der Waals surface area contributed by atoms with Gasteiger partial charge in [-0.2, -0.15) is 0 Å². The Morgan fingerprint density at radius 1 is 1.00 bits per heavy atom. The van der Waals surface area contributed by atoms with Crippen LogP contribution in [0.15, 0.2) is 24.0 Å². The van der Waals surface area contributed by atoms with Crippen molar-refractivity contribution >= 4 is 0 Å². The van der Waals surface area contributed by atoms with E-state index in [1.54, 1.807) is 0 Å². The van der Waals surface area contributed by atoms with Gasteiger partial charge in [-0.05, 0) is 92.3 Å². The topological polar surface area (TPSA) is 101 Å². The summed E-state index contributed by atoms with van der Waals surface area (Å²) in [6.07, 6.45) is 7.42. The molecule has 0 saturated heterocycles. The average Bonchev–Trinajstić information content (AvgIpc) is 2.80. The maximum atomic E-state index is 12.0. The van der Waals surface area contributed by atoms with Crippen LogP contribution >= 0.6 is 0 Å². The summed E-state index contributed by atoms with van der Waals surface area (Å²) in [6.45, 7) is 17.1. The van der Waals surface area contributed by atoms with E-state index in [2.05, 4.69) is 40.3 Å². The van der Waals surface area contributed by atoms with E-state index >= 15 is 0 Å². The van der Waals surface area contributed by atoms with Crippen molar-refractivity contribution in [2.24, 2.45) is 50.7 Å². The maximum Gasteiger partial charge on any atom is 0.0919 e. The van der Waals surface area contributed by atoms with E-state index in [1.165, 1.54) is 5.57 Å². The van der Waals surface area contributed by atoms with Gasteiger partial charge in [-0.25, -0.2) is 0 Å². The van der Waals surface area contributed by atoms with Crippen LogP contribution in [0.1, 0.15) is 92.9 Å². The Hall–Kier alpha value is -0.880. The molecule has 5 aliphatic carbocycles. The largest absolute Gasteiger partial charge is 0.512 e. The number of allylic oxidation sites excluding steroid dienone is 2. The van der Waals surface area contributed by atoms with Crippen LogP contribution in [-0.4, -0.2) is 49.9 Å². The summed E-state index contributed by atoms with van der Waals surface area (Å²) < 4.78 is 0. The molecule has 36 heavy (non-hydrogen) atoms. The Bertz CT molecular complexity index is 972. The Kier molecular flexibility index (Phi) is 5.81. The van der Waals surface area contributed by atoms with Gasteiger partial charge in [0.1, 0.15) is 0 Å². The highest BCUT2D eigenvalue weighted by atomic mass is 16.3. The second-order valence-electron chi connectivity index (χ2n) is 14.9. The molecule has 0 aromatic carbocycles. The fraction of sp³-hybridized carbons (Fsp3) is 0.871. The van der Waals surface area contributed by atoms with Crippen molar-refractivity contribution in [3.05, 3.63) is 24.0 Å². The van der Waals surface area contributed by atoms with Gasteiger partial charge in [0.15, 0.2) is 0 Å². The van der Waals surface area contributed by atoms with Crippen molar-refractivity contribution in [1.82, 2.24) is 0 Å². The number of hydrogen-bond donors (Lipinski definition) is 5. The van der Waals surface area contributed by atoms with Gasteiger partial charge in [-0.3, -0.25) is 0 Å². The quantitative estimate of drug-likeness (QED) is 0.266. The number of fused-ring (bicyclic) bond motifs is 7. The number of aliphatic hydroxyl groups is 5. The summed E-state index contributed by atoms with van der Waals surface area (Å²) in [7, 11) is 0. The van der Waals surface area contributed by atoms with Gasteiger partial charge in [0.25, 0.3) is 0 Å². The molecule has 5 nitrogen and oxygen atoms in total. The molecule has 0 aromatic heterocycles. The van der Waals surface area contributed by atoms with Crippen LogP contribution in [0.3, 0.4) is 0 Å². The van der Waals surface area contributed by atoms with E-state index < -0.39 is 28.6 Å². The van der Waals surface area contributed by atoms with Crippen molar-refractivity contribution in [1.29, 1.82) is 0 Å². The molecule has 0 radical (unpaired) electrons. The third kappa shape index (κ3) is 2.92. The lowest BCUT2D eigenvalue weighted by atomic mass is 9.32. The highest BCUT2D eigenvalue weighted by Crippen LogP contribution is 2.76. The minimum atomic E-state index is -0.928. The third-order valence-corrected chi connectivity index (χ3v) is 13.7. The molecular weight excluding hydrogens is 452 g/mol. The van der Waals surface area contributed by atoms with Crippen LogP contribution in [-0.2, 0) is 0 Å². The molecule has 4 fully saturated rings. The Morgan fingerprint density at radius 3 is 2.28 bits per heavy atom. The summed E-state index contributed by atoms with van der Waals surface area (Å²) in [5, 5.41) is 55.4. The molecule has 0 heterocycles. The first-order chi connectivity index (χ1) is 16.6. The molecule has 12 atom stereocenters. The van der Waals surface area contributed by atoms with E-state index in [9.17, 15) is 25.5 Å². The van der Waals surface area contributed by atoms with Crippen LogP contribution < -0.4 is 0 Å². The minimum Gasteiger partial charge on any atom is -0.512 e. The fourth-order valence-electron chi connectivity index (χ4n) is 11.1. The first-order valence-electron chi connectivity index (χ1n) is 14.3. The van der Waals surface area contributed by atoms with Gasteiger partial charge in [0, 0.05) is 16.7 Å². The lowest BCUT2D eigenvalue weighted by molar-refractivity contribution is -0.246. The van der Waals surface area contributed by atoms with Crippen molar-refractivity contribution in [2.75, 3.05) is 6.61 Å². The first kappa shape index (κ1) is 26.7. The number of rotatable bonds is 2. The van der Waals surface area contributed by atoms with Gasteiger partial charge in [0.2, 0.25) is 0 Å². The predicted octanol–water partition coefficient (Wildman–Crippen LogP) is 5.13. The van der Waals surface area contributed by atoms with E-state index in [-0.39, 0.29) is 46.4 Å². The molecule has 0 amide bonds. The van der Waals surface area contributed by atoms with Gasteiger partial charge >= 0.3 is 0 Å². The minimum absolute atomic E-state index is 0.0551. The molecule has 0 spiro atoms. The van der Waals surface area contributed by atoms with E-state index in [0.29, 0.717) is 12.3 Å². The van der Waals surface area contributed by atoms with E-state index in [0.717, 1.165) is 44.9 Å². The lowest BCUT2D eigenvalue weighted by Gasteiger charge is -2.72. The molecule has 5 N–H and O–H groups in total. The molecule has 4 saturated carbocycles. The molecular formula is C31H50O5. The summed E-state index contributed by atoms with van der Waals surface area (Å²) in [5.41, 5.74) is -1.24. The summed E-state index contributed by atoms with van der Waals surface area (Å²) in [4.78, 5) is 0. The van der Waals surface area contributed by atoms with E-state index in [1.807, 2.05) is 13.8 Å². The van der Waals surface area contributed by atoms with Crippen LogP contribution in [0, 0.1) is 50.7 Å². The molecule has 5 rings (SSSR count). The van der Waals surface area contributed by atoms with Crippen LogP contribution in [0.2, 0.25) is 0 Å². The van der Waals surface area contributed by atoms with Gasteiger partial charge < -0.3 is 25.5 Å². The summed E-state index contributed by atoms with van der Waals surface area (Å²) >= 11 is 0. The molecule has 3 unspecified atom stereocenters. The standard InChI is InChI=1S/C31H50O5/c1-18-10-13-31(19(2)33)15-14-28(5)20(24(31)30(18,7)36)8-9-23-26(3)16-21(34)25(35)27(4,17-32)22(26)11-12-29(23,28)6/h8,18,21-25,32-36H,2,9-17H2,1,3-7H3/t18-,21-,22?,23?,24?,25+,26+,27+,28-,29-,30-,31-/m1/s1. The number of aliphatic hydroxyl groups excluding tert-OH is 4. The zero-order chi connectivity index (χ0) is 26.7. The maximum absolute atomic E-state index is 12.0. The average molecular weight is 503 g/mol. The zero-order valence-electron chi connectivity index (χ0n) is 23.3. The number of hydrogen-bond acceptors (Lipinski definition) is 5. The van der Waals surface area contributed by atoms with Crippen molar-refractivity contribution in [3.8, 4) is 0 Å². The first-order valence-corrected chi connectivity index (χ1v) is 14.3. The predicted molar refractivity (Wildman–Crippen MR) is 141 cm³/mol.